The number of hydrazine groups is 1. The molecule has 0 aliphatic heterocycles. The number of rotatable bonds is 5. The van der Waals surface area contributed by atoms with E-state index in [1.54, 1.807) is 0 Å². The van der Waals surface area contributed by atoms with Crippen molar-refractivity contribution in [3.8, 4) is 0 Å². The van der Waals surface area contributed by atoms with Crippen molar-refractivity contribution in [2.24, 2.45) is 0 Å². The third-order valence-corrected chi connectivity index (χ3v) is 2.99. The van der Waals surface area contributed by atoms with Gasteiger partial charge in [-0.05, 0) is 37.3 Å². The Hall–Kier alpha value is -1.41. The lowest BCUT2D eigenvalue weighted by atomic mass is 10.2. The van der Waals surface area contributed by atoms with Crippen molar-refractivity contribution in [1.29, 1.82) is 0 Å². The van der Waals surface area contributed by atoms with Crippen LogP contribution in [0.4, 0.5) is 0 Å². The summed E-state index contributed by atoms with van der Waals surface area (Å²) in [6.45, 7) is 2.68. The van der Waals surface area contributed by atoms with Crippen LogP contribution in [0.25, 0.3) is 0 Å². The van der Waals surface area contributed by atoms with E-state index in [1.165, 1.54) is 18.2 Å². The van der Waals surface area contributed by atoms with Crippen LogP contribution < -0.4 is 16.2 Å². The molecule has 9 heteroatoms. The van der Waals surface area contributed by atoms with E-state index >= 15 is 0 Å². The van der Waals surface area contributed by atoms with Crippen LogP contribution in [-0.2, 0) is 9.53 Å². The summed E-state index contributed by atoms with van der Waals surface area (Å²) >= 11 is 16.5. The fourth-order valence-corrected chi connectivity index (χ4v) is 2.06. The maximum absolute atomic E-state index is 11.9. The number of carbonyl (C=O) groups is 2. The smallest absolute Gasteiger partial charge is 0.257 e. The first kappa shape index (κ1) is 18.6. The second kappa shape index (κ2) is 9.58. The highest BCUT2D eigenvalue weighted by atomic mass is 35.5. The van der Waals surface area contributed by atoms with Crippen molar-refractivity contribution >= 4 is 52.3 Å². The van der Waals surface area contributed by atoms with Crippen LogP contribution in [-0.4, -0.2) is 30.1 Å². The Labute approximate surface area is 143 Å². The molecule has 0 heterocycles. The summed E-state index contributed by atoms with van der Waals surface area (Å²) in [5, 5.41) is 3.01. The van der Waals surface area contributed by atoms with Gasteiger partial charge in [0.05, 0.1) is 13.0 Å². The highest BCUT2D eigenvalue weighted by molar-refractivity contribution is 7.80. The zero-order chi connectivity index (χ0) is 16.5. The van der Waals surface area contributed by atoms with Crippen LogP contribution in [0.1, 0.15) is 23.7 Å². The summed E-state index contributed by atoms with van der Waals surface area (Å²) in [7, 11) is 0. The Morgan fingerprint density at radius 1 is 1.18 bits per heavy atom. The molecule has 3 N–H and O–H groups in total. The Bertz CT molecular complexity index is 549. The van der Waals surface area contributed by atoms with Gasteiger partial charge in [0.2, 0.25) is 5.91 Å². The van der Waals surface area contributed by atoms with E-state index in [2.05, 4.69) is 16.2 Å². The second-order valence-corrected chi connectivity index (χ2v) is 5.34. The molecule has 1 aromatic rings. The molecular formula is C13H15Cl2N3O3S. The van der Waals surface area contributed by atoms with E-state index in [9.17, 15) is 9.59 Å². The number of benzene rings is 1. The predicted octanol–water partition coefficient (Wildman–Crippen LogP) is 2.06. The Morgan fingerprint density at radius 3 is 2.41 bits per heavy atom. The molecule has 0 saturated heterocycles. The first-order valence-corrected chi connectivity index (χ1v) is 7.52. The molecule has 0 aliphatic rings. The first-order valence-electron chi connectivity index (χ1n) is 6.36. The lowest BCUT2D eigenvalue weighted by Gasteiger charge is -2.11. The van der Waals surface area contributed by atoms with Crippen molar-refractivity contribution in [2.45, 2.75) is 13.3 Å². The van der Waals surface area contributed by atoms with Gasteiger partial charge in [-0.2, -0.15) is 0 Å². The highest BCUT2D eigenvalue weighted by Gasteiger charge is 2.10. The molecule has 1 aromatic carbocycles. The number of amides is 2. The van der Waals surface area contributed by atoms with Crippen LogP contribution in [0, 0.1) is 0 Å². The largest absolute Gasteiger partial charge is 0.381 e. The molecule has 22 heavy (non-hydrogen) atoms. The number of hydrogen-bond donors (Lipinski definition) is 3. The van der Waals surface area contributed by atoms with Gasteiger partial charge in [-0.25, -0.2) is 0 Å². The molecule has 2 amide bonds. The van der Waals surface area contributed by atoms with Crippen molar-refractivity contribution in [3.63, 3.8) is 0 Å². The maximum Gasteiger partial charge on any atom is 0.257 e. The average Bonchev–Trinajstić information content (AvgIpc) is 2.44. The monoisotopic (exact) mass is 363 g/mol. The van der Waals surface area contributed by atoms with Gasteiger partial charge in [0.25, 0.3) is 5.91 Å². The van der Waals surface area contributed by atoms with Gasteiger partial charge in [0.1, 0.15) is 0 Å². The summed E-state index contributed by atoms with van der Waals surface area (Å²) in [5.74, 6) is -0.804. The van der Waals surface area contributed by atoms with Gasteiger partial charge in [-0.15, -0.1) is 0 Å². The molecule has 0 unspecified atom stereocenters. The zero-order valence-corrected chi connectivity index (χ0v) is 14.1. The molecular weight excluding hydrogens is 349 g/mol. The molecule has 1 rings (SSSR count). The van der Waals surface area contributed by atoms with E-state index < -0.39 is 5.91 Å². The Balaban J connectivity index is 2.41. The third-order valence-electron chi connectivity index (χ3n) is 2.34. The lowest BCUT2D eigenvalue weighted by Crippen LogP contribution is -2.48. The molecule has 0 bridgehead atoms. The Morgan fingerprint density at radius 2 is 1.82 bits per heavy atom. The van der Waals surface area contributed by atoms with Gasteiger partial charge in [0, 0.05) is 22.2 Å². The number of halogens is 2. The Kier molecular flexibility index (Phi) is 8.11. The fourth-order valence-electron chi connectivity index (χ4n) is 1.39. The number of hydrogen-bond acceptors (Lipinski definition) is 4. The number of nitrogens with one attached hydrogen (secondary N) is 3. The summed E-state index contributed by atoms with van der Waals surface area (Å²) in [4.78, 5) is 23.3. The molecule has 0 spiro atoms. The van der Waals surface area contributed by atoms with Crippen LogP contribution in [0.15, 0.2) is 18.2 Å². The minimum absolute atomic E-state index is 0.0501. The fraction of sp³-hybridized carbons (Fsp3) is 0.308. The maximum atomic E-state index is 11.9. The topological polar surface area (TPSA) is 79.5 Å². The number of carbonyl (C=O) groups excluding carboxylic acids is 2. The summed E-state index contributed by atoms with van der Waals surface area (Å²) in [5.41, 5.74) is 5.02. The minimum Gasteiger partial charge on any atom is -0.381 e. The highest BCUT2D eigenvalue weighted by Crippen LogP contribution is 2.18. The molecule has 0 fully saturated rings. The molecule has 0 radical (unpaired) electrons. The van der Waals surface area contributed by atoms with Crippen molar-refractivity contribution in [3.05, 3.63) is 33.8 Å². The lowest BCUT2D eigenvalue weighted by molar-refractivity contribution is -0.122. The van der Waals surface area contributed by atoms with Crippen molar-refractivity contribution < 1.29 is 14.3 Å². The van der Waals surface area contributed by atoms with E-state index in [4.69, 9.17) is 40.2 Å². The molecule has 6 nitrogen and oxygen atoms in total. The van der Waals surface area contributed by atoms with E-state index in [1.807, 2.05) is 6.92 Å². The van der Waals surface area contributed by atoms with Crippen LogP contribution >= 0.6 is 35.4 Å². The first-order chi connectivity index (χ1) is 10.4. The van der Waals surface area contributed by atoms with Gasteiger partial charge in [0.15, 0.2) is 5.11 Å². The summed E-state index contributed by atoms with van der Waals surface area (Å²) < 4.78 is 5.04. The second-order valence-electron chi connectivity index (χ2n) is 4.06. The SMILES string of the molecule is CCOCCC(=O)NNC(=S)NC(=O)c1cc(Cl)cc(Cl)c1. The standard InChI is InChI=1S/C13H15Cl2N3O3S/c1-2-21-4-3-11(19)17-18-13(22)16-12(20)8-5-9(14)7-10(15)6-8/h5-7H,2-4H2,1H3,(H,17,19)(H2,16,18,20,22). The van der Waals surface area contributed by atoms with Gasteiger partial charge in [-0.3, -0.25) is 25.8 Å². The number of ether oxygens (including phenoxy) is 1. The van der Waals surface area contributed by atoms with Crippen LogP contribution in [0.3, 0.4) is 0 Å². The van der Waals surface area contributed by atoms with Crippen molar-refractivity contribution in [1.82, 2.24) is 16.2 Å². The molecule has 0 aromatic heterocycles. The summed E-state index contributed by atoms with van der Waals surface area (Å²) in [6, 6.07) is 4.41. The molecule has 0 saturated carbocycles. The minimum atomic E-state index is -0.495. The average molecular weight is 364 g/mol. The zero-order valence-electron chi connectivity index (χ0n) is 11.7. The van der Waals surface area contributed by atoms with E-state index in [0.29, 0.717) is 23.3 Å². The quantitative estimate of drug-likeness (QED) is 0.423. The number of thiocarbonyl (C=S) groups is 1. The molecule has 0 atom stereocenters. The van der Waals surface area contributed by atoms with Gasteiger partial charge >= 0.3 is 0 Å². The van der Waals surface area contributed by atoms with Gasteiger partial charge < -0.3 is 4.74 Å². The normalized spacial score (nSPS) is 9.95. The molecule has 120 valence electrons. The van der Waals surface area contributed by atoms with E-state index in [0.717, 1.165) is 0 Å². The summed E-state index contributed by atoms with van der Waals surface area (Å²) in [6.07, 6.45) is 0.182. The van der Waals surface area contributed by atoms with Crippen LogP contribution in [0.2, 0.25) is 10.0 Å². The van der Waals surface area contributed by atoms with E-state index in [-0.39, 0.29) is 23.0 Å². The van der Waals surface area contributed by atoms with Gasteiger partial charge in [-0.1, -0.05) is 23.2 Å². The van der Waals surface area contributed by atoms with Crippen molar-refractivity contribution in [2.75, 3.05) is 13.2 Å². The molecule has 0 aliphatic carbocycles. The van der Waals surface area contributed by atoms with Crippen LogP contribution in [0.5, 0.6) is 0 Å². The predicted molar refractivity (Wildman–Crippen MR) is 88.9 cm³/mol. The third kappa shape index (κ3) is 7.04.